The summed E-state index contributed by atoms with van der Waals surface area (Å²) in [6, 6.07) is 0.427. The van der Waals surface area contributed by atoms with Gasteiger partial charge >= 0.3 is 5.97 Å². The molecule has 104 valence electrons. The first-order valence-corrected chi connectivity index (χ1v) is 6.52. The largest absolute Gasteiger partial charge is 0.481 e. The number of carbonyl (C=O) groups is 1. The van der Waals surface area contributed by atoms with Crippen molar-refractivity contribution >= 4 is 5.97 Å². The molecule has 0 bridgehead atoms. The molecule has 0 atom stereocenters. The fourth-order valence-corrected chi connectivity index (χ4v) is 2.99. The Morgan fingerprint density at radius 3 is 2.28 bits per heavy atom. The second-order valence-corrected chi connectivity index (χ2v) is 5.28. The minimum atomic E-state index is -2.77. The summed E-state index contributed by atoms with van der Waals surface area (Å²) in [6.45, 7) is 2.86. The lowest BCUT2D eigenvalue weighted by molar-refractivity contribution is -0.165. The van der Waals surface area contributed by atoms with Crippen molar-refractivity contribution in [2.45, 2.75) is 38.2 Å². The zero-order valence-electron chi connectivity index (χ0n) is 10.4. The summed E-state index contributed by atoms with van der Waals surface area (Å²) >= 11 is 0. The average Bonchev–Trinajstić information content (AvgIpc) is 2.39. The van der Waals surface area contributed by atoms with Gasteiger partial charge in [0.05, 0.1) is 0 Å². The van der Waals surface area contributed by atoms with Crippen molar-refractivity contribution in [1.82, 2.24) is 10.2 Å². The number of piperidine rings is 2. The fraction of sp³-hybridized carbons (Fsp3) is 0.917. The number of likely N-dealkylation sites (tertiary alicyclic amines) is 1. The highest BCUT2D eigenvalue weighted by molar-refractivity contribution is 5.75. The van der Waals surface area contributed by atoms with Crippen LogP contribution >= 0.6 is 0 Å². The Hall–Kier alpha value is -0.750. The van der Waals surface area contributed by atoms with Gasteiger partial charge in [0.25, 0.3) is 6.43 Å². The normalized spacial score (nSPS) is 26.4. The quantitative estimate of drug-likeness (QED) is 0.801. The Morgan fingerprint density at radius 2 is 1.83 bits per heavy atom. The number of aliphatic carboxylic acids is 1. The molecule has 0 saturated carbocycles. The van der Waals surface area contributed by atoms with E-state index in [4.69, 9.17) is 5.11 Å². The van der Waals surface area contributed by atoms with E-state index in [0.29, 0.717) is 19.1 Å². The molecule has 2 N–H and O–H groups in total. The Bertz CT molecular complexity index is 298. The third-order valence-corrected chi connectivity index (χ3v) is 4.36. The van der Waals surface area contributed by atoms with Gasteiger partial charge in [-0.2, -0.15) is 0 Å². The summed E-state index contributed by atoms with van der Waals surface area (Å²) in [6.07, 6.45) is -0.609. The Morgan fingerprint density at radius 1 is 1.28 bits per heavy atom. The van der Waals surface area contributed by atoms with E-state index in [1.54, 1.807) is 0 Å². The van der Waals surface area contributed by atoms with Crippen LogP contribution in [-0.4, -0.2) is 54.6 Å². The van der Waals surface area contributed by atoms with Crippen LogP contribution in [0.15, 0.2) is 0 Å². The molecule has 2 aliphatic rings. The van der Waals surface area contributed by atoms with Gasteiger partial charge in [0.2, 0.25) is 0 Å². The zero-order valence-corrected chi connectivity index (χ0v) is 10.4. The van der Waals surface area contributed by atoms with Gasteiger partial charge in [-0.25, -0.2) is 8.78 Å². The van der Waals surface area contributed by atoms with Crippen molar-refractivity contribution in [2.75, 3.05) is 26.2 Å². The second-order valence-electron chi connectivity index (χ2n) is 5.28. The summed E-state index contributed by atoms with van der Waals surface area (Å²) in [5.41, 5.74) is -1.82. The highest BCUT2D eigenvalue weighted by Gasteiger charge is 2.49. The first-order valence-electron chi connectivity index (χ1n) is 6.52. The first-order chi connectivity index (χ1) is 8.56. The first kappa shape index (κ1) is 13.7. The van der Waals surface area contributed by atoms with Crippen LogP contribution < -0.4 is 5.32 Å². The number of hydrogen-bond donors (Lipinski definition) is 2. The summed E-state index contributed by atoms with van der Waals surface area (Å²) in [7, 11) is 0. The molecule has 2 saturated heterocycles. The van der Waals surface area contributed by atoms with E-state index in [1.165, 1.54) is 0 Å². The molecule has 2 aliphatic heterocycles. The maximum Gasteiger partial charge on any atom is 0.315 e. The molecule has 0 aromatic heterocycles. The number of hydrogen-bond acceptors (Lipinski definition) is 3. The smallest absolute Gasteiger partial charge is 0.315 e. The molecule has 4 nitrogen and oxygen atoms in total. The summed E-state index contributed by atoms with van der Waals surface area (Å²) in [4.78, 5) is 13.3. The van der Waals surface area contributed by atoms with Crippen LogP contribution in [0.3, 0.4) is 0 Å². The molecule has 0 aromatic rings. The van der Waals surface area contributed by atoms with Crippen molar-refractivity contribution in [3.63, 3.8) is 0 Å². The van der Waals surface area contributed by atoms with Crippen molar-refractivity contribution in [3.05, 3.63) is 0 Å². The highest BCUT2D eigenvalue weighted by Crippen LogP contribution is 2.38. The van der Waals surface area contributed by atoms with Gasteiger partial charge in [0.1, 0.15) is 5.41 Å². The van der Waals surface area contributed by atoms with Crippen LogP contribution in [0.25, 0.3) is 0 Å². The Labute approximate surface area is 105 Å². The molecule has 0 aliphatic carbocycles. The third kappa shape index (κ3) is 2.49. The Kier molecular flexibility index (Phi) is 4.17. The maximum atomic E-state index is 13.0. The highest BCUT2D eigenvalue weighted by atomic mass is 19.3. The topological polar surface area (TPSA) is 52.6 Å². The molecule has 0 aromatic carbocycles. The van der Waals surface area contributed by atoms with Gasteiger partial charge in [0.15, 0.2) is 0 Å². The molecule has 0 unspecified atom stereocenters. The van der Waals surface area contributed by atoms with Gasteiger partial charge < -0.3 is 15.3 Å². The Balaban J connectivity index is 1.95. The molecule has 2 rings (SSSR count). The molecule has 0 spiro atoms. The SMILES string of the molecule is O=C(O)C1(C(F)F)CCN(C2CCNCC2)CC1. The molecule has 2 heterocycles. The van der Waals surface area contributed by atoms with Gasteiger partial charge in [-0.1, -0.05) is 0 Å². The predicted octanol–water partition coefficient (Wildman–Crippen LogP) is 1.17. The number of nitrogens with zero attached hydrogens (tertiary/aromatic N) is 1. The van der Waals surface area contributed by atoms with Crippen molar-refractivity contribution < 1.29 is 18.7 Å². The fourth-order valence-electron chi connectivity index (χ4n) is 2.99. The summed E-state index contributed by atoms with van der Waals surface area (Å²) < 4.78 is 26.0. The van der Waals surface area contributed by atoms with Crippen molar-refractivity contribution in [2.24, 2.45) is 5.41 Å². The van der Waals surface area contributed by atoms with E-state index < -0.39 is 17.8 Å². The maximum absolute atomic E-state index is 13.0. The zero-order chi connectivity index (χ0) is 13.2. The lowest BCUT2D eigenvalue weighted by Crippen LogP contribution is -2.52. The van der Waals surface area contributed by atoms with Crippen LogP contribution in [0.2, 0.25) is 0 Å². The molecule has 18 heavy (non-hydrogen) atoms. The van der Waals surface area contributed by atoms with Crippen LogP contribution in [0.4, 0.5) is 8.78 Å². The monoisotopic (exact) mass is 262 g/mol. The number of halogens is 2. The summed E-state index contributed by atoms with van der Waals surface area (Å²) in [5, 5.41) is 12.3. The van der Waals surface area contributed by atoms with Gasteiger partial charge in [0, 0.05) is 6.04 Å². The van der Waals surface area contributed by atoms with Crippen LogP contribution in [-0.2, 0) is 4.79 Å². The summed E-state index contributed by atoms with van der Waals surface area (Å²) in [5.74, 6) is -1.34. The minimum Gasteiger partial charge on any atom is -0.481 e. The number of alkyl halides is 2. The van der Waals surface area contributed by atoms with Crippen molar-refractivity contribution in [1.29, 1.82) is 0 Å². The van der Waals surface area contributed by atoms with E-state index >= 15 is 0 Å². The van der Waals surface area contributed by atoms with E-state index in [0.717, 1.165) is 25.9 Å². The molecular formula is C12H20F2N2O2. The second kappa shape index (κ2) is 5.48. The molecule has 0 radical (unpaired) electrons. The molecule has 2 fully saturated rings. The van der Waals surface area contributed by atoms with Gasteiger partial charge in [-0.05, 0) is 51.9 Å². The van der Waals surface area contributed by atoms with E-state index in [9.17, 15) is 13.6 Å². The average molecular weight is 262 g/mol. The van der Waals surface area contributed by atoms with E-state index in [-0.39, 0.29) is 12.8 Å². The number of nitrogens with one attached hydrogen (secondary N) is 1. The predicted molar refractivity (Wildman–Crippen MR) is 62.8 cm³/mol. The molecule has 0 amide bonds. The van der Waals surface area contributed by atoms with Crippen LogP contribution in [0, 0.1) is 5.41 Å². The minimum absolute atomic E-state index is 0.0595. The lowest BCUT2D eigenvalue weighted by atomic mass is 9.78. The third-order valence-electron chi connectivity index (χ3n) is 4.36. The number of rotatable bonds is 3. The van der Waals surface area contributed by atoms with Gasteiger partial charge in [-0.15, -0.1) is 0 Å². The van der Waals surface area contributed by atoms with E-state index in [1.807, 2.05) is 0 Å². The van der Waals surface area contributed by atoms with E-state index in [2.05, 4.69) is 10.2 Å². The number of carboxylic acid groups (broad SMARTS) is 1. The van der Waals surface area contributed by atoms with Crippen LogP contribution in [0.5, 0.6) is 0 Å². The van der Waals surface area contributed by atoms with Gasteiger partial charge in [-0.3, -0.25) is 4.79 Å². The lowest BCUT2D eigenvalue weighted by Gasteiger charge is -2.42. The van der Waals surface area contributed by atoms with Crippen molar-refractivity contribution in [3.8, 4) is 0 Å². The molecular weight excluding hydrogens is 242 g/mol. The molecule has 6 heteroatoms. The van der Waals surface area contributed by atoms with Crippen LogP contribution in [0.1, 0.15) is 25.7 Å². The standard InChI is InChI=1S/C12H20F2N2O2/c13-10(14)12(11(17)18)3-7-16(8-4-12)9-1-5-15-6-2-9/h9-10,15H,1-8H2,(H,17,18). The number of carboxylic acids is 1.